The van der Waals surface area contributed by atoms with Crippen LogP contribution >= 0.6 is 0 Å². The molecule has 14 heteroatoms. The standard InChI is InChI=1S/C66H111NO13/c1-3-5-7-9-10-11-12-13-14-15-16-17-18-19-20-21-22-23-24-25-26-27-28-29-30-31-32-33-34-35-36-37-38-39-40-41-42-43-44-46-48-50-58(71)67-54(55(70)49-47-45-8-6-4-2)53-77-65-63(76)61(74)64(57(52-69)79-65)80-66-62(75)60(73)59(72)56(51-68)78-66/h5,7,10-11,13-14,16-17,19-20,22-23,25-26,28-29,31-32,54-57,59-66,68-70,72-76H,3-4,6,8-9,12,15,18,21,24,27,30,33-53H2,1-2H3,(H,67,71)/b7-5-,11-10-,14-13-,17-16-,20-19-,23-22-,26-25-,29-28-,32-31-. The molecule has 9 N–H and O–H groups in total. The van der Waals surface area contributed by atoms with Gasteiger partial charge < -0.3 is 65.1 Å². The number of allylic oxidation sites excluding steroid dienone is 18. The Kier molecular flexibility index (Phi) is 45.6. The van der Waals surface area contributed by atoms with E-state index in [1.807, 2.05) is 0 Å². The van der Waals surface area contributed by atoms with Crippen LogP contribution in [0.4, 0.5) is 0 Å². The minimum Gasteiger partial charge on any atom is -0.394 e. The molecule has 0 bridgehead atoms. The van der Waals surface area contributed by atoms with Crippen molar-refractivity contribution in [2.75, 3.05) is 19.8 Å². The number of hydrogen-bond acceptors (Lipinski definition) is 13. The highest BCUT2D eigenvalue weighted by molar-refractivity contribution is 5.76. The Hall–Kier alpha value is -3.35. The van der Waals surface area contributed by atoms with E-state index >= 15 is 0 Å². The summed E-state index contributed by atoms with van der Waals surface area (Å²) in [6, 6.07) is -0.831. The summed E-state index contributed by atoms with van der Waals surface area (Å²) in [7, 11) is 0. The monoisotopic (exact) mass is 1130 g/mol. The van der Waals surface area contributed by atoms with Gasteiger partial charge in [-0.2, -0.15) is 0 Å². The first-order valence-electron chi connectivity index (χ1n) is 31.1. The van der Waals surface area contributed by atoms with Crippen molar-refractivity contribution in [1.82, 2.24) is 5.32 Å². The number of carbonyl (C=O) groups excluding carboxylic acids is 1. The molecule has 12 atom stereocenters. The fourth-order valence-electron chi connectivity index (χ4n) is 9.52. The topological polar surface area (TPSA) is 228 Å². The summed E-state index contributed by atoms with van der Waals surface area (Å²) in [5, 5.41) is 86.6. The second-order valence-electron chi connectivity index (χ2n) is 21.5. The van der Waals surface area contributed by atoms with Crippen LogP contribution in [0.25, 0.3) is 0 Å². The zero-order valence-electron chi connectivity index (χ0n) is 49.3. The number of amides is 1. The van der Waals surface area contributed by atoms with Crippen LogP contribution in [-0.4, -0.2) is 140 Å². The first kappa shape index (κ1) is 72.8. The van der Waals surface area contributed by atoms with Gasteiger partial charge >= 0.3 is 0 Å². The second-order valence-corrected chi connectivity index (χ2v) is 21.5. The van der Waals surface area contributed by atoms with Crippen LogP contribution < -0.4 is 5.32 Å². The quantitative estimate of drug-likeness (QED) is 0.0204. The Morgan fingerprint density at radius 2 is 0.863 bits per heavy atom. The van der Waals surface area contributed by atoms with Gasteiger partial charge in [-0.1, -0.05) is 226 Å². The molecule has 0 saturated carbocycles. The predicted octanol–water partition coefficient (Wildman–Crippen LogP) is 11.2. The van der Waals surface area contributed by atoms with E-state index in [0.717, 1.165) is 122 Å². The highest BCUT2D eigenvalue weighted by Crippen LogP contribution is 2.30. The van der Waals surface area contributed by atoms with Crippen LogP contribution in [0.3, 0.4) is 0 Å². The highest BCUT2D eigenvalue weighted by Gasteiger charge is 2.51. The third kappa shape index (κ3) is 34.9. The molecule has 2 aliphatic heterocycles. The van der Waals surface area contributed by atoms with Crippen LogP contribution in [0, 0.1) is 0 Å². The second kappa shape index (κ2) is 50.2. The van der Waals surface area contributed by atoms with E-state index in [2.05, 4.69) is 129 Å². The molecule has 2 rings (SSSR count). The molecule has 0 spiro atoms. The summed E-state index contributed by atoms with van der Waals surface area (Å²) in [4.78, 5) is 13.1. The fourth-order valence-corrected chi connectivity index (χ4v) is 9.52. The number of rotatable bonds is 48. The summed E-state index contributed by atoms with van der Waals surface area (Å²) < 4.78 is 22.7. The van der Waals surface area contributed by atoms with Crippen molar-refractivity contribution < 1.29 is 64.6 Å². The number of nitrogens with one attached hydrogen (secondary N) is 1. The van der Waals surface area contributed by atoms with Gasteiger partial charge in [-0.15, -0.1) is 0 Å². The lowest BCUT2D eigenvalue weighted by Crippen LogP contribution is -2.65. The average molecular weight is 1130 g/mol. The average Bonchev–Trinajstić information content (AvgIpc) is 3.49. The lowest BCUT2D eigenvalue weighted by molar-refractivity contribution is -0.359. The summed E-state index contributed by atoms with van der Waals surface area (Å²) in [5.74, 6) is -0.220. The van der Waals surface area contributed by atoms with Crippen molar-refractivity contribution in [3.05, 3.63) is 109 Å². The van der Waals surface area contributed by atoms with Crippen molar-refractivity contribution in [3.8, 4) is 0 Å². The molecule has 0 aliphatic carbocycles. The van der Waals surface area contributed by atoms with E-state index in [1.165, 1.54) is 57.8 Å². The van der Waals surface area contributed by atoms with E-state index in [9.17, 15) is 45.6 Å². The van der Waals surface area contributed by atoms with Crippen molar-refractivity contribution in [2.45, 2.75) is 280 Å². The van der Waals surface area contributed by atoms with Crippen LogP contribution in [-0.2, 0) is 23.7 Å². The van der Waals surface area contributed by atoms with Crippen LogP contribution in [0.15, 0.2) is 109 Å². The van der Waals surface area contributed by atoms with Gasteiger partial charge in [-0.3, -0.25) is 4.79 Å². The molecule has 0 aromatic rings. The normalized spacial score (nSPS) is 25.0. The van der Waals surface area contributed by atoms with Gasteiger partial charge in [0.15, 0.2) is 12.6 Å². The van der Waals surface area contributed by atoms with Gasteiger partial charge in [0.1, 0.15) is 48.8 Å². The number of aliphatic hydroxyl groups is 8. The Balaban J connectivity index is 1.50. The lowest BCUT2D eigenvalue weighted by atomic mass is 9.97. The van der Waals surface area contributed by atoms with E-state index < -0.39 is 86.8 Å². The van der Waals surface area contributed by atoms with Gasteiger partial charge in [0.25, 0.3) is 0 Å². The largest absolute Gasteiger partial charge is 0.394 e. The van der Waals surface area contributed by atoms with Crippen LogP contribution in [0.5, 0.6) is 0 Å². The summed E-state index contributed by atoms with van der Waals surface area (Å²) in [5.41, 5.74) is 0. The molecule has 1 amide bonds. The maximum absolute atomic E-state index is 13.1. The van der Waals surface area contributed by atoms with Crippen molar-refractivity contribution >= 4 is 5.91 Å². The lowest BCUT2D eigenvalue weighted by Gasteiger charge is -2.46. The molecular formula is C66H111NO13. The minimum atomic E-state index is -1.78. The number of ether oxygens (including phenoxy) is 4. The third-order valence-corrected chi connectivity index (χ3v) is 14.5. The fraction of sp³-hybridized carbons (Fsp3) is 0.712. The SMILES string of the molecule is CC/C=C\C/C=C\C/C=C\C/C=C\C/C=C\C/C=C\C/C=C\C/C=C\C/C=C\CCCCCCCCCCCCCCCC(=O)NC(COC1OC(CO)C(OC2OC(CO)C(O)C(O)C2O)C(O)C1O)C(O)CCCCCCC. The first-order valence-corrected chi connectivity index (χ1v) is 31.1. The van der Waals surface area contributed by atoms with Gasteiger partial charge in [0, 0.05) is 6.42 Å². The maximum atomic E-state index is 13.1. The van der Waals surface area contributed by atoms with Crippen molar-refractivity contribution in [3.63, 3.8) is 0 Å². The molecule has 2 fully saturated rings. The molecule has 0 aromatic carbocycles. The Labute approximate surface area is 483 Å². The van der Waals surface area contributed by atoms with Gasteiger partial charge in [0.2, 0.25) is 5.91 Å². The van der Waals surface area contributed by atoms with Gasteiger partial charge in [-0.05, 0) is 83.5 Å². The molecule has 0 aromatic heterocycles. The molecule has 80 heavy (non-hydrogen) atoms. The van der Waals surface area contributed by atoms with Crippen molar-refractivity contribution in [1.29, 1.82) is 0 Å². The first-order chi connectivity index (χ1) is 39.1. The number of carbonyl (C=O) groups is 1. The van der Waals surface area contributed by atoms with Crippen LogP contribution in [0.2, 0.25) is 0 Å². The zero-order valence-corrected chi connectivity index (χ0v) is 49.3. The minimum absolute atomic E-state index is 0.220. The smallest absolute Gasteiger partial charge is 0.220 e. The van der Waals surface area contributed by atoms with Crippen molar-refractivity contribution in [2.24, 2.45) is 0 Å². The highest BCUT2D eigenvalue weighted by atomic mass is 16.7. The molecule has 458 valence electrons. The number of unbranched alkanes of at least 4 members (excludes halogenated alkanes) is 17. The third-order valence-electron chi connectivity index (χ3n) is 14.5. The predicted molar refractivity (Wildman–Crippen MR) is 322 cm³/mol. The Morgan fingerprint density at radius 1 is 0.463 bits per heavy atom. The van der Waals surface area contributed by atoms with E-state index in [1.54, 1.807) is 0 Å². The molecule has 2 aliphatic rings. The molecular weight excluding hydrogens is 1010 g/mol. The van der Waals surface area contributed by atoms with E-state index in [0.29, 0.717) is 12.8 Å². The molecule has 2 heterocycles. The molecule has 12 unspecified atom stereocenters. The Morgan fingerprint density at radius 3 is 1.32 bits per heavy atom. The number of aliphatic hydroxyl groups excluding tert-OH is 8. The van der Waals surface area contributed by atoms with E-state index in [4.69, 9.17) is 18.9 Å². The summed E-state index contributed by atoms with van der Waals surface area (Å²) in [6.45, 7) is 2.62. The Bertz CT molecular complexity index is 1760. The van der Waals surface area contributed by atoms with Gasteiger partial charge in [-0.25, -0.2) is 0 Å². The number of hydrogen-bond donors (Lipinski definition) is 9. The summed E-state index contributed by atoms with van der Waals surface area (Å²) in [6.07, 6.45) is 54.7. The van der Waals surface area contributed by atoms with Gasteiger partial charge in [0.05, 0.1) is 32.0 Å². The maximum Gasteiger partial charge on any atom is 0.220 e. The van der Waals surface area contributed by atoms with E-state index in [-0.39, 0.29) is 12.5 Å². The molecule has 2 saturated heterocycles. The zero-order chi connectivity index (χ0) is 58.1. The molecule has 14 nitrogen and oxygen atoms in total. The van der Waals surface area contributed by atoms with Crippen LogP contribution in [0.1, 0.15) is 206 Å². The molecule has 0 radical (unpaired) electrons. The summed E-state index contributed by atoms with van der Waals surface area (Å²) >= 11 is 0.